The van der Waals surface area contributed by atoms with Crippen LogP contribution in [0.3, 0.4) is 0 Å². The van der Waals surface area contributed by atoms with Gasteiger partial charge >= 0.3 is 0 Å². The summed E-state index contributed by atoms with van der Waals surface area (Å²) in [5.41, 5.74) is 11.5. The number of fused-ring (bicyclic) bond motifs is 6. The van der Waals surface area contributed by atoms with Crippen molar-refractivity contribution in [2.24, 2.45) is 0 Å². The number of nitrogens with zero attached hydrogens (tertiary/aromatic N) is 3. The first-order valence-corrected chi connectivity index (χ1v) is 19.2. The Hall–Kier alpha value is -7.69. The van der Waals surface area contributed by atoms with Gasteiger partial charge in [-0.15, -0.1) is 0 Å². The molecule has 0 spiro atoms. The Morgan fingerprint density at radius 1 is 0.298 bits per heavy atom. The summed E-state index contributed by atoms with van der Waals surface area (Å²) in [6.45, 7) is 0. The van der Waals surface area contributed by atoms with Gasteiger partial charge in [0.05, 0.1) is 0 Å². The Morgan fingerprint density at radius 3 is 1.46 bits per heavy atom. The minimum Gasteiger partial charge on any atom is -0.455 e. The average molecular weight is 728 g/mol. The lowest BCUT2D eigenvalue weighted by molar-refractivity contribution is 0.673. The van der Waals surface area contributed by atoms with E-state index in [0.29, 0.717) is 17.5 Å². The molecule has 0 atom stereocenters. The number of benzene rings is 9. The quantitative estimate of drug-likeness (QED) is 0.171. The van der Waals surface area contributed by atoms with Crippen LogP contribution in [0.25, 0.3) is 111 Å². The van der Waals surface area contributed by atoms with Crippen molar-refractivity contribution < 1.29 is 4.42 Å². The highest BCUT2D eigenvalue weighted by Crippen LogP contribution is 2.45. The van der Waals surface area contributed by atoms with E-state index in [-0.39, 0.29) is 0 Å². The van der Waals surface area contributed by atoms with Gasteiger partial charge in [0.1, 0.15) is 11.2 Å². The van der Waals surface area contributed by atoms with Crippen molar-refractivity contribution in [3.05, 3.63) is 200 Å². The van der Waals surface area contributed by atoms with Crippen LogP contribution in [0.4, 0.5) is 0 Å². The molecule has 0 amide bonds. The molecule has 0 fully saturated rings. The zero-order chi connectivity index (χ0) is 37.7. The Labute approximate surface area is 329 Å². The maximum atomic E-state index is 6.69. The number of hydrogen-bond acceptors (Lipinski definition) is 4. The van der Waals surface area contributed by atoms with E-state index < -0.39 is 0 Å². The van der Waals surface area contributed by atoms with Crippen LogP contribution in [0.2, 0.25) is 0 Å². The maximum Gasteiger partial charge on any atom is 0.164 e. The molecule has 0 saturated heterocycles. The van der Waals surface area contributed by atoms with Crippen LogP contribution in [0.1, 0.15) is 0 Å². The van der Waals surface area contributed by atoms with E-state index in [4.69, 9.17) is 19.4 Å². The third-order valence-electron chi connectivity index (χ3n) is 10.9. The van der Waals surface area contributed by atoms with E-state index in [1.807, 2.05) is 42.5 Å². The zero-order valence-electron chi connectivity index (χ0n) is 30.8. The van der Waals surface area contributed by atoms with Crippen molar-refractivity contribution in [1.82, 2.24) is 15.0 Å². The van der Waals surface area contributed by atoms with Crippen LogP contribution in [-0.2, 0) is 0 Å². The topological polar surface area (TPSA) is 51.8 Å². The molecule has 2 aromatic heterocycles. The van der Waals surface area contributed by atoms with E-state index in [0.717, 1.165) is 76.9 Å². The normalized spacial score (nSPS) is 11.5. The molecule has 2 heterocycles. The highest BCUT2D eigenvalue weighted by Gasteiger charge is 2.21. The molecule has 11 rings (SSSR count). The van der Waals surface area contributed by atoms with Crippen molar-refractivity contribution in [2.45, 2.75) is 0 Å². The van der Waals surface area contributed by atoms with Crippen molar-refractivity contribution in [1.29, 1.82) is 0 Å². The van der Waals surface area contributed by atoms with Crippen molar-refractivity contribution in [2.75, 3.05) is 0 Å². The van der Waals surface area contributed by atoms with Gasteiger partial charge in [-0.05, 0) is 79.9 Å². The Morgan fingerprint density at radius 2 is 0.772 bits per heavy atom. The molecule has 0 aliphatic carbocycles. The van der Waals surface area contributed by atoms with E-state index in [2.05, 4.69) is 158 Å². The molecule has 4 heteroatoms. The van der Waals surface area contributed by atoms with Gasteiger partial charge in [0.25, 0.3) is 0 Å². The van der Waals surface area contributed by atoms with Gasteiger partial charge in [0.2, 0.25) is 0 Å². The molecule has 0 N–H and O–H groups in total. The first-order chi connectivity index (χ1) is 28.2. The summed E-state index contributed by atoms with van der Waals surface area (Å²) in [6.07, 6.45) is 0. The Balaban J connectivity index is 1.12. The fourth-order valence-electron chi connectivity index (χ4n) is 8.15. The molecule has 9 aromatic carbocycles. The molecule has 4 nitrogen and oxygen atoms in total. The van der Waals surface area contributed by atoms with Crippen molar-refractivity contribution in [3.8, 4) is 67.5 Å². The third-order valence-corrected chi connectivity index (χ3v) is 10.9. The van der Waals surface area contributed by atoms with E-state index >= 15 is 0 Å². The van der Waals surface area contributed by atoms with Gasteiger partial charge in [-0.1, -0.05) is 170 Å². The van der Waals surface area contributed by atoms with Crippen LogP contribution in [0.5, 0.6) is 0 Å². The molecule has 0 unspecified atom stereocenters. The standard InChI is InChI=1S/C53H33N3O/c1-4-14-34(15-5-1)36-24-26-38(27-25-36)52-54-51(37-18-8-3-9-19-37)55-53(56-52)45-31-30-44(42-20-10-11-21-43(42)45)47-33-40-32-39(35-16-6-2-7-17-35)28-29-41(40)50-49(47)46-22-12-13-23-48(46)57-50/h1-33H. The molecule has 11 aromatic rings. The van der Waals surface area contributed by atoms with Crippen LogP contribution in [-0.4, -0.2) is 15.0 Å². The number of furan rings is 1. The molecular formula is C53H33N3O. The van der Waals surface area contributed by atoms with Crippen LogP contribution in [0.15, 0.2) is 205 Å². The lowest BCUT2D eigenvalue weighted by Crippen LogP contribution is -2.01. The predicted octanol–water partition coefficient (Wildman–Crippen LogP) is 14.1. The summed E-state index contributed by atoms with van der Waals surface area (Å²) in [5.74, 6) is 1.88. The molecule has 0 saturated carbocycles. The second-order valence-electron chi connectivity index (χ2n) is 14.4. The van der Waals surface area contributed by atoms with E-state index in [9.17, 15) is 0 Å². The average Bonchev–Trinajstić information content (AvgIpc) is 3.69. The molecule has 266 valence electrons. The molecule has 0 bridgehead atoms. The van der Waals surface area contributed by atoms with Gasteiger partial charge < -0.3 is 4.42 Å². The smallest absolute Gasteiger partial charge is 0.164 e. The molecular weight excluding hydrogens is 695 g/mol. The maximum absolute atomic E-state index is 6.69. The van der Waals surface area contributed by atoms with Gasteiger partial charge in [0.15, 0.2) is 17.5 Å². The summed E-state index contributed by atoms with van der Waals surface area (Å²) in [7, 11) is 0. The van der Waals surface area contributed by atoms with Crippen molar-refractivity contribution >= 4 is 43.5 Å². The number of hydrogen-bond donors (Lipinski definition) is 0. The molecule has 57 heavy (non-hydrogen) atoms. The van der Waals surface area contributed by atoms with Gasteiger partial charge in [-0.3, -0.25) is 0 Å². The summed E-state index contributed by atoms with van der Waals surface area (Å²) in [6, 6.07) is 69.9. The second kappa shape index (κ2) is 13.6. The van der Waals surface area contributed by atoms with E-state index in [1.54, 1.807) is 0 Å². The number of para-hydroxylation sites is 1. The first kappa shape index (κ1) is 32.7. The minimum atomic E-state index is 0.624. The minimum absolute atomic E-state index is 0.624. The lowest BCUT2D eigenvalue weighted by Gasteiger charge is -2.15. The van der Waals surface area contributed by atoms with Crippen LogP contribution >= 0.6 is 0 Å². The van der Waals surface area contributed by atoms with Crippen LogP contribution in [0, 0.1) is 0 Å². The predicted molar refractivity (Wildman–Crippen MR) is 235 cm³/mol. The summed E-state index contributed by atoms with van der Waals surface area (Å²) in [5, 5.41) is 6.58. The van der Waals surface area contributed by atoms with Crippen LogP contribution < -0.4 is 0 Å². The fourth-order valence-corrected chi connectivity index (χ4v) is 8.15. The van der Waals surface area contributed by atoms with Crippen molar-refractivity contribution in [3.63, 3.8) is 0 Å². The van der Waals surface area contributed by atoms with Gasteiger partial charge in [-0.2, -0.15) is 0 Å². The fraction of sp³-hybridized carbons (Fsp3) is 0. The SMILES string of the molecule is c1ccc(-c2ccc(-c3nc(-c4ccccc4)nc(-c4ccc(-c5cc6cc(-c7ccccc7)ccc6c6oc7ccccc7c56)c5ccccc45)n3)cc2)cc1. The Kier molecular flexibility index (Phi) is 7.78. The number of rotatable bonds is 6. The summed E-state index contributed by atoms with van der Waals surface area (Å²) < 4.78 is 6.69. The van der Waals surface area contributed by atoms with Gasteiger partial charge in [0, 0.05) is 32.8 Å². The number of aromatic nitrogens is 3. The molecule has 0 aliphatic heterocycles. The summed E-state index contributed by atoms with van der Waals surface area (Å²) in [4.78, 5) is 15.4. The molecule has 0 radical (unpaired) electrons. The zero-order valence-corrected chi connectivity index (χ0v) is 30.8. The monoisotopic (exact) mass is 727 g/mol. The Bertz CT molecular complexity index is 3260. The lowest BCUT2D eigenvalue weighted by atomic mass is 9.89. The highest BCUT2D eigenvalue weighted by molar-refractivity contribution is 6.23. The third kappa shape index (κ3) is 5.74. The first-order valence-electron chi connectivity index (χ1n) is 19.2. The largest absolute Gasteiger partial charge is 0.455 e. The molecule has 0 aliphatic rings. The highest BCUT2D eigenvalue weighted by atomic mass is 16.3. The van der Waals surface area contributed by atoms with E-state index in [1.165, 1.54) is 16.7 Å². The summed E-state index contributed by atoms with van der Waals surface area (Å²) >= 11 is 0. The van der Waals surface area contributed by atoms with Gasteiger partial charge in [-0.25, -0.2) is 15.0 Å². The second-order valence-corrected chi connectivity index (χ2v) is 14.4.